The van der Waals surface area contributed by atoms with E-state index in [2.05, 4.69) is 10.5 Å². The van der Waals surface area contributed by atoms with Crippen molar-refractivity contribution < 1.29 is 14.6 Å². The fraction of sp³-hybridized carbons (Fsp3) is 0.125. The number of hydrazone groups is 1. The number of rotatable bonds is 5. The molecule has 0 atom stereocenters. The first-order valence-electron chi connectivity index (χ1n) is 6.54. The van der Waals surface area contributed by atoms with Crippen LogP contribution in [0.5, 0.6) is 11.5 Å². The molecule has 0 saturated heterocycles. The molecule has 0 aromatic heterocycles. The zero-order valence-electron chi connectivity index (χ0n) is 11.9. The number of ether oxygens (including phenoxy) is 1. The zero-order valence-corrected chi connectivity index (χ0v) is 12.7. The lowest BCUT2D eigenvalue weighted by Crippen LogP contribution is -2.24. The third-order valence-corrected chi connectivity index (χ3v) is 3.00. The van der Waals surface area contributed by atoms with Crippen LogP contribution in [-0.4, -0.2) is 23.8 Å². The minimum Gasteiger partial charge on any atom is -0.508 e. The van der Waals surface area contributed by atoms with E-state index >= 15 is 0 Å². The minimum absolute atomic E-state index is 0.136. The highest BCUT2D eigenvalue weighted by atomic mass is 35.5. The predicted molar refractivity (Wildman–Crippen MR) is 85.5 cm³/mol. The van der Waals surface area contributed by atoms with E-state index in [1.54, 1.807) is 36.4 Å². The first kappa shape index (κ1) is 15.9. The largest absolute Gasteiger partial charge is 0.508 e. The van der Waals surface area contributed by atoms with Crippen LogP contribution in [0.4, 0.5) is 0 Å². The molecule has 0 bridgehead atoms. The molecule has 2 rings (SSSR count). The van der Waals surface area contributed by atoms with Gasteiger partial charge in [-0.1, -0.05) is 23.7 Å². The second kappa shape index (κ2) is 7.47. The third kappa shape index (κ3) is 4.79. The first-order valence-corrected chi connectivity index (χ1v) is 6.92. The molecule has 0 aliphatic heterocycles. The molecule has 0 aliphatic carbocycles. The van der Waals surface area contributed by atoms with Crippen molar-refractivity contribution in [3.8, 4) is 11.5 Å². The number of aromatic hydroxyl groups is 1. The van der Waals surface area contributed by atoms with Gasteiger partial charge >= 0.3 is 0 Å². The van der Waals surface area contributed by atoms with E-state index in [4.69, 9.17) is 16.3 Å². The van der Waals surface area contributed by atoms with E-state index in [1.165, 1.54) is 12.3 Å². The van der Waals surface area contributed by atoms with Crippen LogP contribution >= 0.6 is 11.6 Å². The molecule has 1 amide bonds. The van der Waals surface area contributed by atoms with Crippen molar-refractivity contribution in [2.24, 2.45) is 5.10 Å². The van der Waals surface area contributed by atoms with Gasteiger partial charge in [0.05, 0.1) is 6.21 Å². The Kier molecular flexibility index (Phi) is 5.38. The van der Waals surface area contributed by atoms with Gasteiger partial charge in [0.15, 0.2) is 6.61 Å². The highest BCUT2D eigenvalue weighted by Crippen LogP contribution is 2.21. The molecule has 5 nitrogen and oxygen atoms in total. The lowest BCUT2D eigenvalue weighted by Gasteiger charge is -2.08. The smallest absolute Gasteiger partial charge is 0.277 e. The van der Waals surface area contributed by atoms with E-state index in [0.717, 1.165) is 5.56 Å². The number of hydrogen-bond donors (Lipinski definition) is 2. The molecular formula is C16H15ClN2O3. The summed E-state index contributed by atoms with van der Waals surface area (Å²) >= 11 is 5.85. The maximum atomic E-state index is 11.6. The van der Waals surface area contributed by atoms with Crippen molar-refractivity contribution >= 4 is 23.7 Å². The fourth-order valence-electron chi connectivity index (χ4n) is 1.73. The van der Waals surface area contributed by atoms with E-state index < -0.39 is 0 Å². The van der Waals surface area contributed by atoms with Gasteiger partial charge in [0.25, 0.3) is 5.91 Å². The summed E-state index contributed by atoms with van der Waals surface area (Å²) in [5, 5.41) is 13.7. The Labute approximate surface area is 133 Å². The Bertz CT molecular complexity index is 702. The van der Waals surface area contributed by atoms with Crippen LogP contribution in [0.1, 0.15) is 11.1 Å². The average Bonchev–Trinajstić information content (AvgIpc) is 2.46. The van der Waals surface area contributed by atoms with E-state index in [-0.39, 0.29) is 18.3 Å². The van der Waals surface area contributed by atoms with Crippen molar-refractivity contribution in [2.45, 2.75) is 6.92 Å². The van der Waals surface area contributed by atoms with Gasteiger partial charge in [0, 0.05) is 5.02 Å². The predicted octanol–water partition coefficient (Wildman–Crippen LogP) is 2.88. The van der Waals surface area contributed by atoms with E-state index in [0.29, 0.717) is 16.3 Å². The van der Waals surface area contributed by atoms with Crippen molar-refractivity contribution in [3.05, 3.63) is 58.6 Å². The van der Waals surface area contributed by atoms with Crippen molar-refractivity contribution in [3.63, 3.8) is 0 Å². The first-order chi connectivity index (χ1) is 10.5. The van der Waals surface area contributed by atoms with Gasteiger partial charge in [0.2, 0.25) is 0 Å². The van der Waals surface area contributed by atoms with Crippen LogP contribution < -0.4 is 10.2 Å². The number of phenolic OH excluding ortho intramolecular Hbond substituents is 1. The molecule has 22 heavy (non-hydrogen) atoms. The fourth-order valence-corrected chi connectivity index (χ4v) is 1.96. The summed E-state index contributed by atoms with van der Waals surface area (Å²) < 4.78 is 5.39. The molecule has 0 unspecified atom stereocenters. The van der Waals surface area contributed by atoms with Gasteiger partial charge < -0.3 is 9.84 Å². The average molecular weight is 319 g/mol. The summed E-state index contributed by atoms with van der Waals surface area (Å²) in [4.78, 5) is 11.6. The molecular weight excluding hydrogens is 304 g/mol. The summed E-state index contributed by atoms with van der Waals surface area (Å²) in [6.45, 7) is 1.69. The molecule has 0 fully saturated rings. The number of aryl methyl sites for hydroxylation is 1. The molecule has 0 radical (unpaired) electrons. The Hall–Kier alpha value is -2.53. The molecule has 114 valence electrons. The molecule has 2 aromatic rings. The van der Waals surface area contributed by atoms with Gasteiger partial charge in [0.1, 0.15) is 11.5 Å². The second-order valence-electron chi connectivity index (χ2n) is 4.59. The highest BCUT2D eigenvalue weighted by molar-refractivity contribution is 6.30. The quantitative estimate of drug-likeness (QED) is 0.658. The Morgan fingerprint density at radius 2 is 2.18 bits per heavy atom. The van der Waals surface area contributed by atoms with E-state index in [9.17, 15) is 9.90 Å². The topological polar surface area (TPSA) is 70.9 Å². The van der Waals surface area contributed by atoms with Crippen LogP contribution in [0.15, 0.2) is 47.6 Å². The Morgan fingerprint density at radius 3 is 2.91 bits per heavy atom. The SMILES string of the molecule is Cc1cc(Cl)ccc1OCC(=O)N/N=C\c1cccc(O)c1. The van der Waals surface area contributed by atoms with Crippen LogP contribution in [-0.2, 0) is 4.79 Å². The third-order valence-electron chi connectivity index (χ3n) is 2.77. The number of benzene rings is 2. The molecule has 0 aliphatic rings. The Morgan fingerprint density at radius 1 is 1.36 bits per heavy atom. The van der Waals surface area contributed by atoms with Crippen molar-refractivity contribution in [1.82, 2.24) is 5.43 Å². The number of carbonyl (C=O) groups excluding carboxylic acids is 1. The molecule has 6 heteroatoms. The molecule has 0 heterocycles. The van der Waals surface area contributed by atoms with Crippen LogP contribution in [0, 0.1) is 6.92 Å². The van der Waals surface area contributed by atoms with E-state index in [1.807, 2.05) is 6.92 Å². The normalized spacial score (nSPS) is 10.6. The van der Waals surface area contributed by atoms with Crippen molar-refractivity contribution in [1.29, 1.82) is 0 Å². The number of nitrogens with zero attached hydrogens (tertiary/aromatic N) is 1. The van der Waals surface area contributed by atoms with Crippen LogP contribution in [0.2, 0.25) is 5.02 Å². The van der Waals surface area contributed by atoms with Crippen LogP contribution in [0.3, 0.4) is 0 Å². The highest BCUT2D eigenvalue weighted by Gasteiger charge is 2.04. The second-order valence-corrected chi connectivity index (χ2v) is 5.02. The standard InChI is InChI=1S/C16H15ClN2O3/c1-11-7-13(17)5-6-15(11)22-10-16(21)19-18-9-12-3-2-4-14(20)8-12/h2-9,20H,10H2,1H3,(H,19,21)/b18-9-. The summed E-state index contributed by atoms with van der Waals surface area (Å²) in [6.07, 6.45) is 1.44. The van der Waals surface area contributed by atoms with Gasteiger partial charge in [-0.2, -0.15) is 5.10 Å². The maximum Gasteiger partial charge on any atom is 0.277 e. The lowest BCUT2D eigenvalue weighted by molar-refractivity contribution is -0.123. The maximum absolute atomic E-state index is 11.6. The molecule has 0 saturated carbocycles. The molecule has 2 N–H and O–H groups in total. The Balaban J connectivity index is 1.83. The monoisotopic (exact) mass is 318 g/mol. The molecule has 2 aromatic carbocycles. The number of hydrogen-bond acceptors (Lipinski definition) is 4. The summed E-state index contributed by atoms with van der Waals surface area (Å²) in [5.41, 5.74) is 3.88. The minimum atomic E-state index is -0.384. The summed E-state index contributed by atoms with van der Waals surface area (Å²) in [7, 11) is 0. The van der Waals surface area contributed by atoms with Crippen molar-refractivity contribution in [2.75, 3.05) is 6.61 Å². The lowest BCUT2D eigenvalue weighted by atomic mass is 10.2. The number of amides is 1. The summed E-state index contributed by atoms with van der Waals surface area (Å²) in [5.74, 6) is 0.346. The number of halogens is 1. The number of phenols is 1. The van der Waals surface area contributed by atoms with Crippen LogP contribution in [0.25, 0.3) is 0 Å². The van der Waals surface area contributed by atoms with Gasteiger partial charge in [-0.15, -0.1) is 0 Å². The van der Waals surface area contributed by atoms with Gasteiger partial charge in [-0.25, -0.2) is 5.43 Å². The van der Waals surface area contributed by atoms with Gasteiger partial charge in [-0.3, -0.25) is 4.79 Å². The number of nitrogens with one attached hydrogen (secondary N) is 1. The molecule has 0 spiro atoms. The van der Waals surface area contributed by atoms with Gasteiger partial charge in [-0.05, 0) is 48.4 Å². The number of carbonyl (C=O) groups is 1. The summed E-state index contributed by atoms with van der Waals surface area (Å²) in [6, 6.07) is 11.7. The zero-order chi connectivity index (χ0) is 15.9.